The maximum Gasteiger partial charge on any atom is 0.243 e. The fourth-order valence-electron chi connectivity index (χ4n) is 2.44. The molecule has 1 saturated heterocycles. The zero-order valence-electron chi connectivity index (χ0n) is 11.7. The van der Waals surface area contributed by atoms with E-state index < -0.39 is 6.04 Å². The molecule has 0 aliphatic carbocycles. The average molecular weight is 336 g/mol. The minimum absolute atomic E-state index is 0.0465. The number of halogens is 1. The lowest BCUT2D eigenvalue weighted by molar-refractivity contribution is -0.122. The van der Waals surface area contributed by atoms with E-state index in [1.807, 2.05) is 29.2 Å². The SMILES string of the molecule is CC1(C)CNC(=O)C(CC#N)N(c2ccccc2Br)C1. The van der Waals surface area contributed by atoms with Gasteiger partial charge < -0.3 is 10.2 Å². The van der Waals surface area contributed by atoms with Crippen LogP contribution in [0.5, 0.6) is 0 Å². The van der Waals surface area contributed by atoms with Crippen molar-refractivity contribution in [1.82, 2.24) is 5.32 Å². The third-order valence-corrected chi connectivity index (χ3v) is 4.14. The topological polar surface area (TPSA) is 56.1 Å². The normalized spacial score (nSPS) is 21.8. The van der Waals surface area contributed by atoms with Gasteiger partial charge in [-0.1, -0.05) is 26.0 Å². The summed E-state index contributed by atoms with van der Waals surface area (Å²) < 4.78 is 0.938. The Balaban J connectivity index is 2.45. The van der Waals surface area contributed by atoms with Crippen LogP contribution in [0.25, 0.3) is 0 Å². The number of hydrogen-bond acceptors (Lipinski definition) is 3. The Labute approximate surface area is 127 Å². The molecule has 0 bridgehead atoms. The van der Waals surface area contributed by atoms with Crippen LogP contribution in [0.1, 0.15) is 20.3 Å². The lowest BCUT2D eigenvalue weighted by atomic mass is 9.92. The first-order chi connectivity index (χ1) is 9.44. The summed E-state index contributed by atoms with van der Waals surface area (Å²) in [5.74, 6) is -0.0760. The van der Waals surface area contributed by atoms with E-state index in [0.29, 0.717) is 6.54 Å². The number of nitrogens with one attached hydrogen (secondary N) is 1. The Morgan fingerprint density at radius 3 is 2.85 bits per heavy atom. The van der Waals surface area contributed by atoms with Crippen LogP contribution in [0.4, 0.5) is 5.69 Å². The predicted molar refractivity (Wildman–Crippen MR) is 82.3 cm³/mol. The van der Waals surface area contributed by atoms with Gasteiger partial charge in [0.25, 0.3) is 0 Å². The third-order valence-electron chi connectivity index (χ3n) is 3.46. The van der Waals surface area contributed by atoms with Crippen molar-refractivity contribution in [3.63, 3.8) is 0 Å². The Hall–Kier alpha value is -1.54. The number of rotatable bonds is 2. The van der Waals surface area contributed by atoms with E-state index >= 15 is 0 Å². The van der Waals surface area contributed by atoms with Crippen LogP contribution in [0.2, 0.25) is 0 Å². The molecule has 106 valence electrons. The molecule has 0 aromatic heterocycles. The predicted octanol–water partition coefficient (Wildman–Crippen LogP) is 2.69. The van der Waals surface area contributed by atoms with Crippen molar-refractivity contribution in [2.45, 2.75) is 26.3 Å². The molecule has 1 aliphatic heterocycles. The summed E-state index contributed by atoms with van der Waals surface area (Å²) in [4.78, 5) is 14.3. The summed E-state index contributed by atoms with van der Waals surface area (Å²) in [7, 11) is 0. The molecule has 1 unspecified atom stereocenters. The highest BCUT2D eigenvalue weighted by Crippen LogP contribution is 2.32. The molecule has 1 fully saturated rings. The number of nitrogens with zero attached hydrogens (tertiary/aromatic N) is 2. The lowest BCUT2D eigenvalue weighted by Crippen LogP contribution is -2.44. The van der Waals surface area contributed by atoms with Crippen molar-refractivity contribution in [2.75, 3.05) is 18.0 Å². The van der Waals surface area contributed by atoms with E-state index in [9.17, 15) is 4.79 Å². The zero-order valence-corrected chi connectivity index (χ0v) is 13.3. The lowest BCUT2D eigenvalue weighted by Gasteiger charge is -2.34. The number of hydrogen-bond donors (Lipinski definition) is 1. The molecule has 1 N–H and O–H groups in total. The first-order valence-electron chi connectivity index (χ1n) is 6.60. The smallest absolute Gasteiger partial charge is 0.243 e. The molecule has 1 aromatic carbocycles. The standard InChI is InChI=1S/C15H18BrN3O/c1-15(2)9-18-14(20)13(7-8-17)19(10-15)12-6-4-3-5-11(12)16/h3-6,13H,7,9-10H2,1-2H3,(H,18,20). The second kappa shape index (κ2) is 5.84. The van der Waals surface area contributed by atoms with Gasteiger partial charge in [-0.05, 0) is 33.5 Å². The van der Waals surface area contributed by atoms with Crippen molar-refractivity contribution in [3.05, 3.63) is 28.7 Å². The summed E-state index contributed by atoms with van der Waals surface area (Å²) in [5.41, 5.74) is 0.910. The van der Waals surface area contributed by atoms with E-state index in [4.69, 9.17) is 5.26 Å². The summed E-state index contributed by atoms with van der Waals surface area (Å²) in [6.07, 6.45) is 0.184. The van der Waals surface area contributed by atoms with Crippen molar-refractivity contribution in [1.29, 1.82) is 5.26 Å². The first kappa shape index (κ1) is 14.9. The average Bonchev–Trinajstić information content (AvgIpc) is 2.51. The highest BCUT2D eigenvalue weighted by molar-refractivity contribution is 9.10. The van der Waals surface area contributed by atoms with E-state index in [1.165, 1.54) is 0 Å². The summed E-state index contributed by atoms with van der Waals surface area (Å²) >= 11 is 3.54. The number of nitriles is 1. The van der Waals surface area contributed by atoms with Crippen LogP contribution in [0.15, 0.2) is 28.7 Å². The number of para-hydroxylation sites is 1. The summed E-state index contributed by atoms with van der Waals surface area (Å²) in [6, 6.07) is 9.49. The van der Waals surface area contributed by atoms with E-state index in [-0.39, 0.29) is 17.7 Å². The highest BCUT2D eigenvalue weighted by atomic mass is 79.9. The number of amides is 1. The Morgan fingerprint density at radius 2 is 2.20 bits per heavy atom. The van der Waals surface area contributed by atoms with Crippen LogP contribution >= 0.6 is 15.9 Å². The van der Waals surface area contributed by atoms with E-state index in [0.717, 1.165) is 16.7 Å². The molecular weight excluding hydrogens is 318 g/mol. The van der Waals surface area contributed by atoms with Gasteiger partial charge in [0.2, 0.25) is 5.91 Å². The Morgan fingerprint density at radius 1 is 1.50 bits per heavy atom. The second-order valence-electron chi connectivity index (χ2n) is 5.84. The van der Waals surface area contributed by atoms with Crippen molar-refractivity contribution in [3.8, 4) is 6.07 Å². The van der Waals surface area contributed by atoms with Gasteiger partial charge in [0.1, 0.15) is 6.04 Å². The fraction of sp³-hybridized carbons (Fsp3) is 0.467. The molecule has 1 aromatic rings. The third kappa shape index (κ3) is 3.13. The molecule has 1 amide bonds. The van der Waals surface area contributed by atoms with Gasteiger partial charge in [0.15, 0.2) is 0 Å². The summed E-state index contributed by atoms with van der Waals surface area (Å²) in [6.45, 7) is 5.58. The Kier molecular flexibility index (Phi) is 4.34. The first-order valence-corrected chi connectivity index (χ1v) is 7.40. The molecule has 4 nitrogen and oxygen atoms in total. The van der Waals surface area contributed by atoms with Crippen molar-refractivity contribution >= 4 is 27.5 Å². The molecule has 1 aliphatic rings. The number of carbonyl (C=O) groups excluding carboxylic acids is 1. The van der Waals surface area contributed by atoms with Gasteiger partial charge in [-0.25, -0.2) is 0 Å². The van der Waals surface area contributed by atoms with Crippen LogP contribution in [0, 0.1) is 16.7 Å². The van der Waals surface area contributed by atoms with Gasteiger partial charge in [0, 0.05) is 17.6 Å². The molecule has 1 heterocycles. The maximum atomic E-state index is 12.3. The fourth-order valence-corrected chi connectivity index (χ4v) is 2.95. The molecule has 0 spiro atoms. The molecule has 5 heteroatoms. The highest BCUT2D eigenvalue weighted by Gasteiger charge is 2.35. The molecule has 20 heavy (non-hydrogen) atoms. The van der Waals surface area contributed by atoms with Crippen LogP contribution < -0.4 is 10.2 Å². The molecule has 0 saturated carbocycles. The number of carbonyl (C=O) groups is 1. The van der Waals surface area contributed by atoms with E-state index in [2.05, 4.69) is 41.2 Å². The molecule has 2 rings (SSSR count). The van der Waals surface area contributed by atoms with Gasteiger partial charge >= 0.3 is 0 Å². The molecule has 0 radical (unpaired) electrons. The van der Waals surface area contributed by atoms with Crippen LogP contribution in [0.3, 0.4) is 0 Å². The van der Waals surface area contributed by atoms with Crippen LogP contribution in [-0.4, -0.2) is 25.0 Å². The van der Waals surface area contributed by atoms with Gasteiger partial charge in [-0.15, -0.1) is 0 Å². The monoisotopic (exact) mass is 335 g/mol. The maximum absolute atomic E-state index is 12.3. The van der Waals surface area contributed by atoms with Crippen molar-refractivity contribution < 1.29 is 4.79 Å². The van der Waals surface area contributed by atoms with Gasteiger partial charge in [-0.3, -0.25) is 4.79 Å². The minimum Gasteiger partial charge on any atom is -0.357 e. The second-order valence-corrected chi connectivity index (χ2v) is 6.69. The summed E-state index contributed by atoms with van der Waals surface area (Å²) in [5, 5.41) is 12.0. The van der Waals surface area contributed by atoms with Crippen molar-refractivity contribution in [2.24, 2.45) is 5.41 Å². The Bertz CT molecular complexity index is 550. The number of anilines is 1. The van der Waals surface area contributed by atoms with Crippen LogP contribution in [-0.2, 0) is 4.79 Å². The van der Waals surface area contributed by atoms with E-state index in [1.54, 1.807) is 0 Å². The van der Waals surface area contributed by atoms with Gasteiger partial charge in [-0.2, -0.15) is 5.26 Å². The zero-order chi connectivity index (χ0) is 14.8. The minimum atomic E-state index is -0.444. The largest absolute Gasteiger partial charge is 0.357 e. The molecule has 1 atom stereocenters. The van der Waals surface area contributed by atoms with Gasteiger partial charge in [0.05, 0.1) is 18.2 Å². The number of benzene rings is 1. The quantitative estimate of drug-likeness (QED) is 0.903. The molecular formula is C15H18BrN3O.